The second-order valence-electron chi connectivity index (χ2n) is 13.2. The summed E-state index contributed by atoms with van der Waals surface area (Å²) in [7, 11) is 0. The highest BCUT2D eigenvalue weighted by atomic mass is 16.3. The largest absolute Gasteiger partial charge is 0.455 e. The van der Waals surface area contributed by atoms with Crippen LogP contribution in [0, 0.1) is 0 Å². The maximum Gasteiger partial charge on any atom is 0.162 e. The van der Waals surface area contributed by atoms with Gasteiger partial charge < -0.3 is 8.98 Å². The molecule has 1 aliphatic carbocycles. The molecule has 7 aromatic carbocycles. The van der Waals surface area contributed by atoms with Gasteiger partial charge >= 0.3 is 0 Å². The predicted octanol–water partition coefficient (Wildman–Crippen LogP) is 12.3. The summed E-state index contributed by atoms with van der Waals surface area (Å²) in [5.74, 6) is 0.652. The van der Waals surface area contributed by atoms with E-state index in [9.17, 15) is 0 Å². The summed E-state index contributed by atoms with van der Waals surface area (Å²) in [5, 5.41) is 11.7. The molecule has 234 valence electrons. The SMILES string of the molecule is C1=CC(c2ccc(-n3c4c5ccccc5c5ccccc5c4c4c5oc6c(-c7ncccn7)cccc6c5c5ccccc5c43)cc2)=CCC1. The van der Waals surface area contributed by atoms with Crippen LogP contribution in [0.15, 0.2) is 156 Å². The first-order valence-electron chi connectivity index (χ1n) is 17.2. The van der Waals surface area contributed by atoms with Crippen molar-refractivity contribution in [3.05, 3.63) is 158 Å². The zero-order valence-electron chi connectivity index (χ0n) is 27.1. The molecule has 1 aliphatic rings. The van der Waals surface area contributed by atoms with E-state index in [1.54, 1.807) is 12.4 Å². The number of para-hydroxylation sites is 1. The first-order chi connectivity index (χ1) is 24.8. The number of fused-ring (bicyclic) bond motifs is 15. The normalized spacial score (nSPS) is 13.5. The van der Waals surface area contributed by atoms with Crippen molar-refractivity contribution in [1.82, 2.24) is 14.5 Å². The van der Waals surface area contributed by atoms with Crippen LogP contribution in [-0.2, 0) is 0 Å². The highest BCUT2D eigenvalue weighted by molar-refractivity contribution is 6.41. The van der Waals surface area contributed by atoms with Crippen molar-refractivity contribution in [3.63, 3.8) is 0 Å². The van der Waals surface area contributed by atoms with Crippen LogP contribution in [0.4, 0.5) is 0 Å². The molecule has 0 radical (unpaired) electrons. The molecular formula is C46H29N3O. The van der Waals surface area contributed by atoms with E-state index in [4.69, 9.17) is 4.42 Å². The minimum atomic E-state index is 0.652. The Balaban J connectivity index is 1.39. The Kier molecular flexibility index (Phi) is 5.75. The third kappa shape index (κ3) is 3.76. The van der Waals surface area contributed by atoms with Gasteiger partial charge in [0.05, 0.1) is 22.0 Å². The van der Waals surface area contributed by atoms with Crippen molar-refractivity contribution >= 4 is 81.6 Å². The first kappa shape index (κ1) is 27.4. The van der Waals surface area contributed by atoms with Crippen LogP contribution in [0.1, 0.15) is 18.4 Å². The molecule has 50 heavy (non-hydrogen) atoms. The minimum absolute atomic E-state index is 0.652. The molecule has 0 unspecified atom stereocenters. The highest BCUT2D eigenvalue weighted by Crippen LogP contribution is 2.50. The van der Waals surface area contributed by atoms with Gasteiger partial charge in [0.2, 0.25) is 0 Å². The van der Waals surface area contributed by atoms with Gasteiger partial charge in [0.25, 0.3) is 0 Å². The summed E-state index contributed by atoms with van der Waals surface area (Å²) in [4.78, 5) is 9.24. The van der Waals surface area contributed by atoms with Crippen LogP contribution < -0.4 is 0 Å². The van der Waals surface area contributed by atoms with Gasteiger partial charge in [-0.05, 0) is 69.8 Å². The number of hydrogen-bond donors (Lipinski definition) is 0. The minimum Gasteiger partial charge on any atom is -0.455 e. The van der Waals surface area contributed by atoms with Gasteiger partial charge in [-0.2, -0.15) is 0 Å². The lowest BCUT2D eigenvalue weighted by atomic mass is 9.94. The maximum atomic E-state index is 7.17. The van der Waals surface area contributed by atoms with Crippen molar-refractivity contribution in [2.45, 2.75) is 12.8 Å². The quantitative estimate of drug-likeness (QED) is 0.181. The molecule has 0 spiro atoms. The molecule has 0 bridgehead atoms. The van der Waals surface area contributed by atoms with Crippen LogP contribution >= 0.6 is 0 Å². The second kappa shape index (κ2) is 10.5. The van der Waals surface area contributed by atoms with Gasteiger partial charge in [-0.1, -0.05) is 115 Å². The number of aromatic nitrogens is 3. The zero-order chi connectivity index (χ0) is 32.8. The van der Waals surface area contributed by atoms with E-state index in [2.05, 4.69) is 148 Å². The number of hydrogen-bond acceptors (Lipinski definition) is 3. The summed E-state index contributed by atoms with van der Waals surface area (Å²) in [5.41, 5.74) is 8.54. The number of nitrogens with zero attached hydrogens (tertiary/aromatic N) is 3. The van der Waals surface area contributed by atoms with E-state index in [1.165, 1.54) is 49.0 Å². The predicted molar refractivity (Wildman–Crippen MR) is 208 cm³/mol. The van der Waals surface area contributed by atoms with E-state index in [0.29, 0.717) is 5.82 Å². The average molecular weight is 640 g/mol. The van der Waals surface area contributed by atoms with E-state index in [-0.39, 0.29) is 0 Å². The Bertz CT molecular complexity index is 3070. The van der Waals surface area contributed by atoms with Crippen LogP contribution in [0.25, 0.3) is 98.7 Å². The van der Waals surface area contributed by atoms with E-state index in [0.717, 1.165) is 62.3 Å². The van der Waals surface area contributed by atoms with Gasteiger partial charge in [-0.15, -0.1) is 0 Å². The van der Waals surface area contributed by atoms with E-state index >= 15 is 0 Å². The monoisotopic (exact) mass is 639 g/mol. The standard InChI is InChI=1S/C46H29N3O/c1-2-12-28(13-3-1)29-22-24-30(25-23-29)49-42-35-18-8-5-15-32(35)31-14-4-6-16-33(31)40(42)41-43(49)36-19-9-7-17-34(36)39-37-20-10-21-38(44(37)50-45(39)41)46-47-26-11-27-48-46/h2,4-27H,1,3H2. The molecule has 0 fully saturated rings. The van der Waals surface area contributed by atoms with Gasteiger partial charge in [0, 0.05) is 45.0 Å². The maximum absolute atomic E-state index is 7.17. The Morgan fingerprint density at radius 2 is 1.12 bits per heavy atom. The molecule has 3 aromatic heterocycles. The summed E-state index contributed by atoms with van der Waals surface area (Å²) >= 11 is 0. The molecule has 0 atom stereocenters. The smallest absolute Gasteiger partial charge is 0.162 e. The van der Waals surface area contributed by atoms with E-state index in [1.807, 2.05) is 6.07 Å². The molecule has 0 saturated heterocycles. The number of benzene rings is 7. The fraction of sp³-hybridized carbons (Fsp3) is 0.0435. The topological polar surface area (TPSA) is 43.9 Å². The fourth-order valence-electron chi connectivity index (χ4n) is 8.40. The van der Waals surface area contributed by atoms with E-state index < -0.39 is 0 Å². The van der Waals surface area contributed by atoms with Crippen LogP contribution in [0.5, 0.6) is 0 Å². The van der Waals surface area contributed by atoms with Gasteiger partial charge in [-0.25, -0.2) is 9.97 Å². The molecule has 0 N–H and O–H groups in total. The van der Waals surface area contributed by atoms with Crippen LogP contribution in [0.2, 0.25) is 0 Å². The number of furan rings is 1. The summed E-state index contributed by atoms with van der Waals surface area (Å²) in [6, 6.07) is 43.7. The number of rotatable bonds is 3. The van der Waals surface area contributed by atoms with Crippen molar-refractivity contribution < 1.29 is 4.42 Å². The average Bonchev–Trinajstić information content (AvgIpc) is 3.77. The highest BCUT2D eigenvalue weighted by Gasteiger charge is 2.26. The fourth-order valence-corrected chi connectivity index (χ4v) is 8.40. The second-order valence-corrected chi connectivity index (χ2v) is 13.2. The molecule has 0 aliphatic heterocycles. The molecule has 0 amide bonds. The van der Waals surface area contributed by atoms with Crippen molar-refractivity contribution in [1.29, 1.82) is 0 Å². The Morgan fingerprint density at radius 3 is 1.84 bits per heavy atom. The van der Waals surface area contributed by atoms with Gasteiger partial charge in [-0.3, -0.25) is 0 Å². The molecule has 4 heteroatoms. The summed E-state index contributed by atoms with van der Waals surface area (Å²) in [6.45, 7) is 0. The van der Waals surface area contributed by atoms with Crippen LogP contribution in [-0.4, -0.2) is 14.5 Å². The Labute approximate surface area is 287 Å². The number of allylic oxidation sites excluding steroid dienone is 4. The van der Waals surface area contributed by atoms with Gasteiger partial charge in [0.1, 0.15) is 11.2 Å². The van der Waals surface area contributed by atoms with Gasteiger partial charge in [0.15, 0.2) is 5.82 Å². The summed E-state index contributed by atoms with van der Waals surface area (Å²) in [6.07, 6.45) is 12.6. The summed E-state index contributed by atoms with van der Waals surface area (Å²) < 4.78 is 9.66. The van der Waals surface area contributed by atoms with Crippen LogP contribution in [0.3, 0.4) is 0 Å². The lowest BCUT2D eigenvalue weighted by Crippen LogP contribution is -1.96. The zero-order valence-corrected chi connectivity index (χ0v) is 27.1. The Morgan fingerprint density at radius 1 is 0.500 bits per heavy atom. The van der Waals surface area contributed by atoms with Crippen molar-refractivity contribution in [2.24, 2.45) is 0 Å². The third-order valence-corrected chi connectivity index (χ3v) is 10.5. The van der Waals surface area contributed by atoms with Crippen molar-refractivity contribution in [2.75, 3.05) is 0 Å². The molecule has 3 heterocycles. The molecule has 11 rings (SSSR count). The lowest BCUT2D eigenvalue weighted by Gasteiger charge is -2.14. The Hall–Kier alpha value is -6.52. The molecular weight excluding hydrogens is 611 g/mol. The van der Waals surface area contributed by atoms with Crippen molar-refractivity contribution in [3.8, 4) is 17.1 Å². The molecule has 4 nitrogen and oxygen atoms in total. The lowest BCUT2D eigenvalue weighted by molar-refractivity contribution is 0.673. The first-order valence-corrected chi connectivity index (χ1v) is 17.2. The molecule has 10 aromatic rings. The molecule has 0 saturated carbocycles. The third-order valence-electron chi connectivity index (χ3n) is 10.5.